The predicted octanol–water partition coefficient (Wildman–Crippen LogP) is 7.04. The van der Waals surface area contributed by atoms with Crippen molar-refractivity contribution in [3.05, 3.63) is 79.0 Å². The van der Waals surface area contributed by atoms with Crippen LogP contribution in [0.1, 0.15) is 26.7 Å². The summed E-state index contributed by atoms with van der Waals surface area (Å²) >= 11 is 0. The van der Waals surface area contributed by atoms with Crippen LogP contribution in [0.25, 0.3) is 55.6 Å². The van der Waals surface area contributed by atoms with Gasteiger partial charge in [-0.1, -0.05) is 26.0 Å². The maximum absolute atomic E-state index is 14.8. The molecule has 10 heteroatoms. The van der Waals surface area contributed by atoms with E-state index in [4.69, 9.17) is 4.74 Å². The average Bonchev–Trinajstić information content (AvgIpc) is 3.80. The molecule has 0 radical (unpaired) electrons. The topological polar surface area (TPSA) is 112 Å². The average molecular weight is 604 g/mol. The van der Waals surface area contributed by atoms with Crippen molar-refractivity contribution in [3.63, 3.8) is 0 Å². The number of fused-ring (bicyclic) bond motifs is 2. The molecule has 3 N–H and O–H groups in total. The molecule has 228 valence electrons. The number of halogens is 1. The molecule has 0 saturated carbocycles. The van der Waals surface area contributed by atoms with Crippen LogP contribution in [0.5, 0.6) is 5.75 Å². The summed E-state index contributed by atoms with van der Waals surface area (Å²) in [6.07, 6.45) is 7.58. The molecule has 0 spiro atoms. The number of benzene rings is 2. The molecule has 2 aromatic carbocycles. The van der Waals surface area contributed by atoms with Crippen molar-refractivity contribution in [3.8, 4) is 39.4 Å². The molecular formula is C35H34FN7O2. The van der Waals surface area contributed by atoms with Crippen LogP contribution in [-0.2, 0) is 4.79 Å². The standard InChI is InChI=1S/C35H34FN7O2/c1-21(2)35(44)39-26-13-23(18-37-20-26)24-15-30-33(41-42-34(30)38-19-24)32-17-29-28(6-5-7-31(29)40-32)22-12-25(36)16-27(14-22)45-11-10-43-8-3-4-9-43/h5-7,12-21,40H,3-4,8-11H2,1-2H3,(H,39,44)(H,38,41,42). The van der Waals surface area contributed by atoms with Crippen molar-refractivity contribution < 1.29 is 13.9 Å². The Hall–Kier alpha value is -5.09. The third-order valence-electron chi connectivity index (χ3n) is 8.26. The fourth-order valence-electron chi connectivity index (χ4n) is 5.85. The Kier molecular flexibility index (Phi) is 7.72. The minimum Gasteiger partial charge on any atom is -0.492 e. The third-order valence-corrected chi connectivity index (χ3v) is 8.26. The molecule has 7 rings (SSSR count). The lowest BCUT2D eigenvalue weighted by molar-refractivity contribution is -0.118. The van der Waals surface area contributed by atoms with Gasteiger partial charge in [-0.15, -0.1) is 0 Å². The molecule has 4 aromatic heterocycles. The molecular weight excluding hydrogens is 569 g/mol. The van der Waals surface area contributed by atoms with Crippen molar-refractivity contribution in [1.29, 1.82) is 0 Å². The number of nitrogens with one attached hydrogen (secondary N) is 3. The van der Waals surface area contributed by atoms with Crippen LogP contribution in [0.15, 0.2) is 73.2 Å². The Balaban J connectivity index is 1.20. The maximum atomic E-state index is 14.8. The molecule has 5 heterocycles. The second-order valence-corrected chi connectivity index (χ2v) is 11.8. The Bertz CT molecular complexity index is 2010. The molecule has 0 unspecified atom stereocenters. The minimum absolute atomic E-state index is 0.0719. The van der Waals surface area contributed by atoms with Gasteiger partial charge in [0.15, 0.2) is 5.65 Å². The molecule has 1 saturated heterocycles. The van der Waals surface area contributed by atoms with E-state index in [2.05, 4.69) is 35.4 Å². The molecule has 1 fully saturated rings. The number of carbonyl (C=O) groups is 1. The van der Waals surface area contributed by atoms with Crippen LogP contribution in [0, 0.1) is 11.7 Å². The van der Waals surface area contributed by atoms with Gasteiger partial charge in [-0.25, -0.2) is 9.37 Å². The number of nitrogens with zero attached hydrogens (tertiary/aromatic N) is 4. The number of carbonyl (C=O) groups excluding carboxylic acids is 1. The number of anilines is 1. The molecule has 1 aliphatic rings. The van der Waals surface area contributed by atoms with E-state index in [-0.39, 0.29) is 17.6 Å². The van der Waals surface area contributed by atoms with Crippen molar-refractivity contribution in [2.45, 2.75) is 26.7 Å². The largest absolute Gasteiger partial charge is 0.492 e. The van der Waals surface area contributed by atoms with Crippen molar-refractivity contribution in [1.82, 2.24) is 30.0 Å². The lowest BCUT2D eigenvalue weighted by atomic mass is 10.0. The van der Waals surface area contributed by atoms with Crippen LogP contribution in [0.3, 0.4) is 0 Å². The zero-order valence-corrected chi connectivity index (χ0v) is 25.2. The second-order valence-electron chi connectivity index (χ2n) is 11.8. The summed E-state index contributed by atoms with van der Waals surface area (Å²) in [7, 11) is 0. The van der Waals surface area contributed by atoms with E-state index < -0.39 is 0 Å². The first-order chi connectivity index (χ1) is 21.9. The van der Waals surface area contributed by atoms with E-state index in [1.165, 1.54) is 18.9 Å². The Labute approximate surface area is 259 Å². The highest BCUT2D eigenvalue weighted by Gasteiger charge is 2.17. The number of pyridine rings is 2. The van der Waals surface area contributed by atoms with Crippen LogP contribution >= 0.6 is 0 Å². The van der Waals surface area contributed by atoms with Crippen LogP contribution in [0.2, 0.25) is 0 Å². The van der Waals surface area contributed by atoms with E-state index in [0.717, 1.165) is 63.9 Å². The smallest absolute Gasteiger partial charge is 0.226 e. The lowest BCUT2D eigenvalue weighted by Gasteiger charge is -2.15. The van der Waals surface area contributed by atoms with Crippen LogP contribution < -0.4 is 10.1 Å². The highest BCUT2D eigenvalue weighted by molar-refractivity contribution is 6.01. The third kappa shape index (κ3) is 6.01. The van der Waals surface area contributed by atoms with Gasteiger partial charge in [0.1, 0.15) is 23.9 Å². The summed E-state index contributed by atoms with van der Waals surface area (Å²) in [5.74, 6) is -0.0258. The zero-order valence-electron chi connectivity index (χ0n) is 25.2. The number of hydrogen-bond acceptors (Lipinski definition) is 6. The first-order valence-corrected chi connectivity index (χ1v) is 15.3. The zero-order chi connectivity index (χ0) is 30.9. The van der Waals surface area contributed by atoms with Gasteiger partial charge in [-0.3, -0.25) is 19.8 Å². The van der Waals surface area contributed by atoms with Crippen molar-refractivity contribution >= 4 is 33.5 Å². The molecule has 1 amide bonds. The number of amides is 1. The van der Waals surface area contributed by atoms with E-state index >= 15 is 0 Å². The van der Waals surface area contributed by atoms with Gasteiger partial charge in [0.05, 0.1) is 17.6 Å². The van der Waals surface area contributed by atoms with Gasteiger partial charge in [0, 0.05) is 58.3 Å². The Morgan fingerprint density at radius 1 is 1.00 bits per heavy atom. The quantitative estimate of drug-likeness (QED) is 0.163. The molecule has 0 bridgehead atoms. The predicted molar refractivity (Wildman–Crippen MR) is 174 cm³/mol. The highest BCUT2D eigenvalue weighted by Crippen LogP contribution is 2.36. The molecule has 9 nitrogen and oxygen atoms in total. The molecule has 1 aliphatic heterocycles. The summed E-state index contributed by atoms with van der Waals surface area (Å²) in [6.45, 7) is 7.25. The van der Waals surface area contributed by atoms with Crippen molar-refractivity contribution in [2.75, 3.05) is 31.6 Å². The SMILES string of the molecule is CC(C)C(=O)Nc1cncc(-c2cnc3[nH]nc(-c4cc5c(-c6cc(F)cc(OCCN7CCCC7)c6)cccc5[nH]4)c3c2)c1. The first-order valence-electron chi connectivity index (χ1n) is 15.3. The number of aromatic amines is 2. The molecule has 45 heavy (non-hydrogen) atoms. The Morgan fingerprint density at radius 3 is 2.69 bits per heavy atom. The number of aromatic nitrogens is 5. The molecule has 6 aromatic rings. The Morgan fingerprint density at radius 2 is 1.84 bits per heavy atom. The summed E-state index contributed by atoms with van der Waals surface area (Å²) in [5.41, 5.74) is 6.99. The van der Waals surface area contributed by atoms with E-state index in [1.807, 2.05) is 56.3 Å². The minimum atomic E-state index is -0.337. The van der Waals surface area contributed by atoms with E-state index in [1.54, 1.807) is 24.7 Å². The first kappa shape index (κ1) is 28.7. The second kappa shape index (κ2) is 12.1. The van der Waals surface area contributed by atoms with E-state index in [0.29, 0.717) is 29.4 Å². The summed E-state index contributed by atoms with van der Waals surface area (Å²) < 4.78 is 20.8. The molecule has 0 atom stereocenters. The van der Waals surface area contributed by atoms with Gasteiger partial charge in [0.2, 0.25) is 5.91 Å². The van der Waals surface area contributed by atoms with Gasteiger partial charge in [0.25, 0.3) is 0 Å². The summed E-state index contributed by atoms with van der Waals surface area (Å²) in [6, 6.07) is 16.8. The van der Waals surface area contributed by atoms with Crippen LogP contribution in [-0.4, -0.2) is 62.2 Å². The maximum Gasteiger partial charge on any atom is 0.226 e. The summed E-state index contributed by atoms with van der Waals surface area (Å²) in [5, 5.41) is 12.3. The van der Waals surface area contributed by atoms with Crippen LogP contribution in [0.4, 0.5) is 10.1 Å². The van der Waals surface area contributed by atoms with E-state index in [9.17, 15) is 9.18 Å². The van der Waals surface area contributed by atoms with Gasteiger partial charge in [-0.05, 0) is 73.5 Å². The summed E-state index contributed by atoms with van der Waals surface area (Å²) in [4.78, 5) is 27.0. The number of ether oxygens (including phenoxy) is 1. The number of likely N-dealkylation sites (tertiary alicyclic amines) is 1. The lowest BCUT2D eigenvalue weighted by Crippen LogP contribution is -2.25. The number of hydrogen-bond donors (Lipinski definition) is 3. The number of H-pyrrole nitrogens is 2. The monoisotopic (exact) mass is 603 g/mol. The van der Waals surface area contributed by atoms with Gasteiger partial charge >= 0.3 is 0 Å². The van der Waals surface area contributed by atoms with Gasteiger partial charge in [-0.2, -0.15) is 5.10 Å². The fraction of sp³-hybridized carbons (Fsp3) is 0.257. The normalized spacial score (nSPS) is 13.7. The molecule has 0 aliphatic carbocycles. The fourth-order valence-corrected chi connectivity index (χ4v) is 5.85. The highest BCUT2D eigenvalue weighted by atomic mass is 19.1. The van der Waals surface area contributed by atoms with Gasteiger partial charge < -0.3 is 15.0 Å². The van der Waals surface area contributed by atoms with Crippen molar-refractivity contribution in [2.24, 2.45) is 5.92 Å². The number of rotatable bonds is 9.